The molecule has 1 aliphatic heterocycles. The molecule has 2 aromatic rings. The number of aromatic amines is 1. The minimum absolute atomic E-state index is 0.241. The molecule has 0 aromatic carbocycles. The molecule has 22 heavy (non-hydrogen) atoms. The molecule has 0 aliphatic carbocycles. The zero-order valence-electron chi connectivity index (χ0n) is 13.3. The lowest BCUT2D eigenvalue weighted by atomic mass is 10.1. The number of nitrogens with one attached hydrogen (secondary N) is 2. The van der Waals surface area contributed by atoms with E-state index in [1.807, 2.05) is 26.1 Å². The van der Waals surface area contributed by atoms with Crippen molar-refractivity contribution in [3.8, 4) is 0 Å². The Morgan fingerprint density at radius 1 is 1.32 bits per heavy atom. The van der Waals surface area contributed by atoms with Crippen LogP contribution in [0.3, 0.4) is 0 Å². The van der Waals surface area contributed by atoms with Gasteiger partial charge in [0.2, 0.25) is 0 Å². The van der Waals surface area contributed by atoms with Gasteiger partial charge in [-0.3, -0.25) is 10.00 Å². The number of nitrogens with zero attached hydrogens (tertiary/aromatic N) is 2. The van der Waals surface area contributed by atoms with Crippen LogP contribution in [-0.2, 0) is 11.3 Å². The van der Waals surface area contributed by atoms with Gasteiger partial charge in [0.25, 0.3) is 0 Å². The highest BCUT2D eigenvalue weighted by Gasteiger charge is 2.24. The van der Waals surface area contributed by atoms with Crippen LogP contribution < -0.4 is 5.32 Å². The molecule has 0 saturated carbocycles. The fourth-order valence-corrected chi connectivity index (χ4v) is 2.83. The number of aromatic nitrogens is 2. The van der Waals surface area contributed by atoms with Gasteiger partial charge in [-0.15, -0.1) is 0 Å². The molecule has 6 heteroatoms. The molecule has 0 amide bonds. The maximum absolute atomic E-state index is 5.87. The van der Waals surface area contributed by atoms with Gasteiger partial charge in [-0.05, 0) is 26.0 Å². The first kappa shape index (κ1) is 15.3. The van der Waals surface area contributed by atoms with Gasteiger partial charge in [0.15, 0.2) is 0 Å². The number of hydrogen-bond acceptors (Lipinski definition) is 5. The van der Waals surface area contributed by atoms with Crippen LogP contribution in [0.25, 0.3) is 0 Å². The maximum atomic E-state index is 5.87. The summed E-state index contributed by atoms with van der Waals surface area (Å²) in [5, 5.41) is 10.6. The first-order valence-electron chi connectivity index (χ1n) is 7.82. The molecule has 2 N–H and O–H groups in total. The van der Waals surface area contributed by atoms with Crippen LogP contribution in [0.5, 0.6) is 0 Å². The predicted molar refractivity (Wildman–Crippen MR) is 83.6 cm³/mol. The molecular weight excluding hydrogens is 280 g/mol. The van der Waals surface area contributed by atoms with E-state index in [-0.39, 0.29) is 6.04 Å². The molecule has 1 aliphatic rings. The fourth-order valence-electron chi connectivity index (χ4n) is 2.83. The van der Waals surface area contributed by atoms with Crippen LogP contribution in [0.2, 0.25) is 0 Å². The lowest BCUT2D eigenvalue weighted by Crippen LogP contribution is -2.42. The van der Waals surface area contributed by atoms with E-state index in [0.717, 1.165) is 56.6 Å². The summed E-state index contributed by atoms with van der Waals surface area (Å²) < 4.78 is 11.3. The summed E-state index contributed by atoms with van der Waals surface area (Å²) in [5.74, 6) is 1.98. The Balaban J connectivity index is 1.64. The topological polar surface area (TPSA) is 66.3 Å². The summed E-state index contributed by atoms with van der Waals surface area (Å²) in [5.41, 5.74) is 2.32. The van der Waals surface area contributed by atoms with Crippen molar-refractivity contribution in [3.63, 3.8) is 0 Å². The van der Waals surface area contributed by atoms with E-state index in [2.05, 4.69) is 26.5 Å². The first-order chi connectivity index (χ1) is 10.7. The Bertz CT molecular complexity index is 586. The molecule has 3 heterocycles. The van der Waals surface area contributed by atoms with E-state index in [1.165, 1.54) is 5.56 Å². The SMILES string of the molecule is Cc1ccc([C@@H](CNCc2cn[nH]c2C)N2CCOCC2)o1. The second-order valence-corrected chi connectivity index (χ2v) is 5.76. The molecule has 1 saturated heterocycles. The second-order valence-electron chi connectivity index (χ2n) is 5.76. The van der Waals surface area contributed by atoms with E-state index in [9.17, 15) is 0 Å². The van der Waals surface area contributed by atoms with Crippen molar-refractivity contribution in [2.24, 2.45) is 0 Å². The van der Waals surface area contributed by atoms with Gasteiger partial charge in [-0.1, -0.05) is 0 Å². The number of rotatable bonds is 6. The lowest BCUT2D eigenvalue weighted by molar-refractivity contribution is 0.0115. The van der Waals surface area contributed by atoms with Gasteiger partial charge in [-0.25, -0.2) is 0 Å². The minimum Gasteiger partial charge on any atom is -0.465 e. The standard InChI is InChI=1S/C16H24N4O2/c1-12-3-4-16(22-12)15(20-5-7-21-8-6-20)11-17-9-14-10-18-19-13(14)2/h3-4,10,15,17H,5-9,11H2,1-2H3,(H,18,19)/t15-/m1/s1. The number of ether oxygens (including phenoxy) is 1. The van der Waals surface area contributed by atoms with Gasteiger partial charge >= 0.3 is 0 Å². The summed E-state index contributed by atoms with van der Waals surface area (Å²) in [6.45, 7) is 9.14. The van der Waals surface area contributed by atoms with Gasteiger partial charge < -0.3 is 14.5 Å². The fraction of sp³-hybridized carbons (Fsp3) is 0.562. The van der Waals surface area contributed by atoms with Crippen LogP contribution in [0.15, 0.2) is 22.7 Å². The zero-order chi connectivity index (χ0) is 15.4. The highest BCUT2D eigenvalue weighted by molar-refractivity contribution is 5.14. The largest absolute Gasteiger partial charge is 0.465 e. The van der Waals surface area contributed by atoms with Crippen LogP contribution in [0.1, 0.15) is 28.8 Å². The van der Waals surface area contributed by atoms with Crippen molar-refractivity contribution in [1.29, 1.82) is 0 Å². The van der Waals surface area contributed by atoms with Gasteiger partial charge in [-0.2, -0.15) is 5.10 Å². The molecule has 1 atom stereocenters. The van der Waals surface area contributed by atoms with Crippen LogP contribution in [0, 0.1) is 13.8 Å². The summed E-state index contributed by atoms with van der Waals surface area (Å²) >= 11 is 0. The van der Waals surface area contributed by atoms with Gasteiger partial charge in [0, 0.05) is 37.4 Å². The predicted octanol–water partition coefficient (Wildman–Crippen LogP) is 1.78. The number of H-pyrrole nitrogens is 1. The molecular formula is C16H24N4O2. The van der Waals surface area contributed by atoms with Crippen molar-refractivity contribution in [3.05, 3.63) is 41.1 Å². The summed E-state index contributed by atoms with van der Waals surface area (Å²) in [6.07, 6.45) is 1.88. The van der Waals surface area contributed by atoms with Crippen molar-refractivity contribution in [2.45, 2.75) is 26.4 Å². The van der Waals surface area contributed by atoms with Crippen LogP contribution in [-0.4, -0.2) is 47.9 Å². The normalized spacial score (nSPS) is 17.7. The molecule has 0 radical (unpaired) electrons. The minimum atomic E-state index is 0.241. The zero-order valence-corrected chi connectivity index (χ0v) is 13.3. The third kappa shape index (κ3) is 3.58. The van der Waals surface area contributed by atoms with E-state index in [4.69, 9.17) is 9.15 Å². The molecule has 0 unspecified atom stereocenters. The number of aryl methyl sites for hydroxylation is 2. The number of hydrogen-bond donors (Lipinski definition) is 2. The Hall–Kier alpha value is -1.63. The van der Waals surface area contributed by atoms with E-state index in [1.54, 1.807) is 0 Å². The third-order valence-electron chi connectivity index (χ3n) is 4.16. The smallest absolute Gasteiger partial charge is 0.122 e. The summed E-state index contributed by atoms with van der Waals surface area (Å²) in [7, 11) is 0. The number of furan rings is 1. The second kappa shape index (κ2) is 7.09. The summed E-state index contributed by atoms with van der Waals surface area (Å²) in [4.78, 5) is 2.43. The average molecular weight is 304 g/mol. The molecule has 6 nitrogen and oxygen atoms in total. The maximum Gasteiger partial charge on any atom is 0.122 e. The summed E-state index contributed by atoms with van der Waals surface area (Å²) in [6, 6.07) is 4.35. The third-order valence-corrected chi connectivity index (χ3v) is 4.16. The van der Waals surface area contributed by atoms with Crippen molar-refractivity contribution in [1.82, 2.24) is 20.4 Å². The molecule has 120 valence electrons. The monoisotopic (exact) mass is 304 g/mol. The number of morpholine rings is 1. The van der Waals surface area contributed by atoms with E-state index >= 15 is 0 Å². The Morgan fingerprint density at radius 3 is 2.77 bits per heavy atom. The quantitative estimate of drug-likeness (QED) is 0.851. The first-order valence-corrected chi connectivity index (χ1v) is 7.82. The van der Waals surface area contributed by atoms with Gasteiger partial charge in [0.05, 0.1) is 25.5 Å². The Kier molecular flexibility index (Phi) is 4.92. The highest BCUT2D eigenvalue weighted by Crippen LogP contribution is 2.23. The van der Waals surface area contributed by atoms with Crippen LogP contribution in [0.4, 0.5) is 0 Å². The molecule has 0 bridgehead atoms. The van der Waals surface area contributed by atoms with E-state index < -0.39 is 0 Å². The van der Waals surface area contributed by atoms with Crippen molar-refractivity contribution in [2.75, 3.05) is 32.8 Å². The van der Waals surface area contributed by atoms with Gasteiger partial charge in [0.1, 0.15) is 11.5 Å². The van der Waals surface area contributed by atoms with Crippen molar-refractivity contribution >= 4 is 0 Å². The average Bonchev–Trinajstić information content (AvgIpc) is 3.13. The highest BCUT2D eigenvalue weighted by atomic mass is 16.5. The molecule has 3 rings (SSSR count). The van der Waals surface area contributed by atoms with Crippen molar-refractivity contribution < 1.29 is 9.15 Å². The Morgan fingerprint density at radius 2 is 2.14 bits per heavy atom. The molecule has 2 aromatic heterocycles. The Labute approximate surface area is 130 Å². The van der Waals surface area contributed by atoms with E-state index in [0.29, 0.717) is 0 Å². The molecule has 1 fully saturated rings. The lowest BCUT2D eigenvalue weighted by Gasteiger charge is -2.33. The molecule has 0 spiro atoms. The van der Waals surface area contributed by atoms with Crippen LogP contribution >= 0.6 is 0 Å².